The Morgan fingerprint density at radius 1 is 1.03 bits per heavy atom. The summed E-state index contributed by atoms with van der Waals surface area (Å²) in [4.78, 5) is 11.3. The molecule has 0 saturated carbocycles. The molecule has 8 heteroatoms. The highest BCUT2D eigenvalue weighted by molar-refractivity contribution is 7.80. The standard InChI is InChI=1S/C25H22ClN5OS/c1-2-32-19-11-9-18(10-12-19)31-24(23(29-25(31)33)20-6-3-4-14-27-20)21-7-5-15-30(21)22-13-8-17(26)16-28-22/h3-16,23-24H,2H2,1H3,(H,29,33)/t23-,24+/m1/s1. The summed E-state index contributed by atoms with van der Waals surface area (Å²) in [7, 11) is 0. The zero-order valence-electron chi connectivity index (χ0n) is 17.9. The molecule has 0 unspecified atom stereocenters. The Hall–Kier alpha value is -3.42. The normalized spacial score (nSPS) is 17.8. The van der Waals surface area contributed by atoms with Gasteiger partial charge < -0.3 is 19.5 Å². The molecule has 5 rings (SSSR count). The van der Waals surface area contributed by atoms with Crippen LogP contribution in [0, 0.1) is 0 Å². The van der Waals surface area contributed by atoms with E-state index >= 15 is 0 Å². The molecular weight excluding hydrogens is 454 g/mol. The van der Waals surface area contributed by atoms with E-state index in [1.54, 1.807) is 12.4 Å². The van der Waals surface area contributed by atoms with E-state index < -0.39 is 0 Å². The van der Waals surface area contributed by atoms with Crippen molar-refractivity contribution in [1.82, 2.24) is 19.9 Å². The molecule has 1 aromatic carbocycles. The number of hydrogen-bond donors (Lipinski definition) is 1. The average molecular weight is 476 g/mol. The van der Waals surface area contributed by atoms with Crippen LogP contribution in [0.1, 0.15) is 30.4 Å². The molecular formula is C25H22ClN5OS. The van der Waals surface area contributed by atoms with E-state index in [-0.39, 0.29) is 12.1 Å². The number of nitrogens with zero attached hydrogens (tertiary/aromatic N) is 4. The minimum Gasteiger partial charge on any atom is -0.494 e. The first kappa shape index (κ1) is 21.4. The van der Waals surface area contributed by atoms with E-state index in [1.807, 2.05) is 73.8 Å². The average Bonchev–Trinajstić information content (AvgIpc) is 3.45. The SMILES string of the molecule is CCOc1ccc(N2C(=S)N[C@H](c3ccccn3)[C@@H]2c2cccn2-c2ccc(Cl)cn2)cc1. The van der Waals surface area contributed by atoms with Crippen molar-refractivity contribution in [2.24, 2.45) is 0 Å². The first-order chi connectivity index (χ1) is 16.2. The number of halogens is 1. The molecule has 4 heterocycles. The van der Waals surface area contributed by atoms with Gasteiger partial charge in [0.1, 0.15) is 17.6 Å². The van der Waals surface area contributed by atoms with Crippen molar-refractivity contribution in [3.05, 3.63) is 102 Å². The van der Waals surface area contributed by atoms with Gasteiger partial charge in [-0.05, 0) is 79.8 Å². The van der Waals surface area contributed by atoms with Gasteiger partial charge in [-0.25, -0.2) is 4.98 Å². The summed E-state index contributed by atoms with van der Waals surface area (Å²) in [5, 5.41) is 4.73. The molecule has 0 aliphatic carbocycles. The number of aromatic nitrogens is 3. The van der Waals surface area contributed by atoms with Gasteiger partial charge in [0.15, 0.2) is 5.11 Å². The Morgan fingerprint density at radius 2 is 1.88 bits per heavy atom. The van der Waals surface area contributed by atoms with Crippen LogP contribution in [0.5, 0.6) is 5.75 Å². The van der Waals surface area contributed by atoms with Crippen molar-refractivity contribution in [3.8, 4) is 11.6 Å². The van der Waals surface area contributed by atoms with Crippen LogP contribution in [-0.2, 0) is 0 Å². The lowest BCUT2D eigenvalue weighted by Gasteiger charge is -2.29. The quantitative estimate of drug-likeness (QED) is 0.372. The molecule has 0 radical (unpaired) electrons. The van der Waals surface area contributed by atoms with Crippen LogP contribution in [0.25, 0.3) is 5.82 Å². The van der Waals surface area contributed by atoms with Gasteiger partial charge in [0, 0.05) is 30.0 Å². The van der Waals surface area contributed by atoms with Gasteiger partial charge in [-0.2, -0.15) is 0 Å². The van der Waals surface area contributed by atoms with Gasteiger partial charge in [0.2, 0.25) is 0 Å². The van der Waals surface area contributed by atoms with Crippen molar-refractivity contribution in [1.29, 1.82) is 0 Å². The van der Waals surface area contributed by atoms with E-state index in [2.05, 4.69) is 30.8 Å². The van der Waals surface area contributed by atoms with Crippen LogP contribution in [-0.4, -0.2) is 26.3 Å². The fourth-order valence-electron chi connectivity index (χ4n) is 4.16. The Bertz CT molecular complexity index is 1240. The van der Waals surface area contributed by atoms with Crippen molar-refractivity contribution < 1.29 is 4.74 Å². The molecule has 166 valence electrons. The lowest BCUT2D eigenvalue weighted by atomic mass is 10.0. The summed E-state index contributed by atoms with van der Waals surface area (Å²) in [6, 6.07) is 21.5. The number of thiocarbonyl (C=S) groups is 1. The van der Waals surface area contributed by atoms with Gasteiger partial charge in [-0.3, -0.25) is 4.98 Å². The third kappa shape index (κ3) is 4.17. The van der Waals surface area contributed by atoms with Crippen LogP contribution in [0.4, 0.5) is 5.69 Å². The maximum Gasteiger partial charge on any atom is 0.174 e. The molecule has 3 aromatic heterocycles. The van der Waals surface area contributed by atoms with Gasteiger partial charge in [0.05, 0.1) is 23.4 Å². The summed E-state index contributed by atoms with van der Waals surface area (Å²) in [5.41, 5.74) is 2.91. The van der Waals surface area contributed by atoms with Crippen molar-refractivity contribution in [2.75, 3.05) is 11.5 Å². The maximum absolute atomic E-state index is 6.08. The number of benzene rings is 1. The Balaban J connectivity index is 1.62. The molecule has 2 atom stereocenters. The van der Waals surface area contributed by atoms with Crippen LogP contribution >= 0.6 is 23.8 Å². The van der Waals surface area contributed by atoms with Crippen molar-refractivity contribution in [2.45, 2.75) is 19.0 Å². The molecule has 0 spiro atoms. The second kappa shape index (κ2) is 9.21. The molecule has 4 aromatic rings. The first-order valence-electron chi connectivity index (χ1n) is 10.7. The molecule has 0 bridgehead atoms. The van der Waals surface area contributed by atoms with E-state index in [9.17, 15) is 0 Å². The predicted octanol–water partition coefficient (Wildman–Crippen LogP) is 5.50. The summed E-state index contributed by atoms with van der Waals surface area (Å²) in [5.74, 6) is 1.61. The number of ether oxygens (including phenoxy) is 1. The molecule has 1 aliphatic heterocycles. The second-order valence-corrected chi connectivity index (χ2v) is 8.38. The fourth-order valence-corrected chi connectivity index (χ4v) is 4.62. The monoisotopic (exact) mass is 475 g/mol. The third-order valence-corrected chi connectivity index (χ3v) is 6.10. The van der Waals surface area contributed by atoms with Crippen LogP contribution in [0.3, 0.4) is 0 Å². The van der Waals surface area contributed by atoms with E-state index in [1.165, 1.54) is 0 Å². The number of nitrogens with one attached hydrogen (secondary N) is 1. The second-order valence-electron chi connectivity index (χ2n) is 7.56. The summed E-state index contributed by atoms with van der Waals surface area (Å²) in [6.07, 6.45) is 5.45. The molecule has 1 N–H and O–H groups in total. The van der Waals surface area contributed by atoms with Crippen molar-refractivity contribution >= 4 is 34.6 Å². The summed E-state index contributed by atoms with van der Waals surface area (Å²) < 4.78 is 7.69. The van der Waals surface area contributed by atoms with Crippen molar-refractivity contribution in [3.63, 3.8) is 0 Å². The largest absolute Gasteiger partial charge is 0.494 e. The molecule has 1 aliphatic rings. The molecule has 1 fully saturated rings. The minimum atomic E-state index is -0.155. The highest BCUT2D eigenvalue weighted by atomic mass is 35.5. The first-order valence-corrected chi connectivity index (χ1v) is 11.5. The highest BCUT2D eigenvalue weighted by Crippen LogP contribution is 2.42. The lowest BCUT2D eigenvalue weighted by Crippen LogP contribution is -2.30. The Morgan fingerprint density at radius 3 is 2.58 bits per heavy atom. The molecule has 0 amide bonds. The van der Waals surface area contributed by atoms with Crippen LogP contribution < -0.4 is 15.0 Å². The van der Waals surface area contributed by atoms with Gasteiger partial charge >= 0.3 is 0 Å². The third-order valence-electron chi connectivity index (χ3n) is 5.57. The smallest absolute Gasteiger partial charge is 0.174 e. The van der Waals surface area contributed by atoms with Crippen LogP contribution in [0.2, 0.25) is 5.02 Å². The summed E-state index contributed by atoms with van der Waals surface area (Å²) >= 11 is 11.9. The Labute approximate surface area is 202 Å². The van der Waals surface area contributed by atoms with E-state index in [0.717, 1.165) is 28.6 Å². The highest BCUT2D eigenvalue weighted by Gasteiger charge is 2.42. The number of pyridine rings is 2. The Kier molecular flexibility index (Phi) is 5.98. The summed E-state index contributed by atoms with van der Waals surface area (Å²) in [6.45, 7) is 2.59. The van der Waals surface area contributed by atoms with Gasteiger partial charge in [-0.15, -0.1) is 0 Å². The number of hydrogen-bond acceptors (Lipinski definition) is 4. The zero-order valence-corrected chi connectivity index (χ0v) is 19.5. The van der Waals surface area contributed by atoms with E-state index in [0.29, 0.717) is 16.7 Å². The van der Waals surface area contributed by atoms with Crippen LogP contribution in [0.15, 0.2) is 85.3 Å². The molecule has 33 heavy (non-hydrogen) atoms. The van der Waals surface area contributed by atoms with Gasteiger partial charge in [-0.1, -0.05) is 17.7 Å². The topological polar surface area (TPSA) is 55.2 Å². The minimum absolute atomic E-state index is 0.147. The zero-order chi connectivity index (χ0) is 22.8. The fraction of sp³-hybridized carbons (Fsp3) is 0.160. The van der Waals surface area contributed by atoms with E-state index in [4.69, 9.17) is 28.6 Å². The van der Waals surface area contributed by atoms with Gasteiger partial charge in [0.25, 0.3) is 0 Å². The molecule has 6 nitrogen and oxygen atoms in total. The predicted molar refractivity (Wildman–Crippen MR) is 134 cm³/mol. The lowest BCUT2D eigenvalue weighted by molar-refractivity contribution is 0.340. The number of anilines is 1. The molecule has 1 saturated heterocycles. The number of rotatable bonds is 6. The maximum atomic E-state index is 6.08.